The quantitative estimate of drug-likeness (QED) is 0.324. The molecule has 4 atom stereocenters. The van der Waals surface area contributed by atoms with Gasteiger partial charge in [0.05, 0.1) is 0 Å². The van der Waals surface area contributed by atoms with Gasteiger partial charge in [0.2, 0.25) is 0 Å². The Hall–Kier alpha value is -2.60. The molecule has 174 valence electrons. The fourth-order valence-electron chi connectivity index (χ4n) is 5.06. The molecule has 1 aliphatic carbocycles. The van der Waals surface area contributed by atoms with Crippen LogP contribution in [-0.4, -0.2) is 0 Å². The molecule has 0 fully saturated rings. The van der Waals surface area contributed by atoms with Crippen molar-refractivity contribution in [3.8, 4) is 0 Å². The second-order valence-electron chi connectivity index (χ2n) is 10.3. The number of hydrogen-bond acceptors (Lipinski definition) is 0. The van der Waals surface area contributed by atoms with Gasteiger partial charge in [0.1, 0.15) is 0 Å². The third kappa shape index (κ3) is 6.70. The first-order valence-corrected chi connectivity index (χ1v) is 12.6. The van der Waals surface area contributed by atoms with Crippen LogP contribution in [0.2, 0.25) is 0 Å². The van der Waals surface area contributed by atoms with Crippen LogP contribution in [0.4, 0.5) is 0 Å². The first-order valence-electron chi connectivity index (χ1n) is 12.6. The molecule has 0 nitrogen and oxygen atoms in total. The molecule has 0 saturated carbocycles. The van der Waals surface area contributed by atoms with Crippen molar-refractivity contribution in [2.75, 3.05) is 0 Å². The third-order valence-corrected chi connectivity index (χ3v) is 7.75. The highest BCUT2D eigenvalue weighted by atomic mass is 14.3. The normalized spacial score (nSPS) is 21.2. The summed E-state index contributed by atoms with van der Waals surface area (Å²) in [6, 6.07) is 19.7. The summed E-state index contributed by atoms with van der Waals surface area (Å²) in [6.45, 7) is 22.5. The minimum absolute atomic E-state index is 0.429. The fourth-order valence-corrected chi connectivity index (χ4v) is 5.06. The van der Waals surface area contributed by atoms with Gasteiger partial charge in [-0.05, 0) is 90.5 Å². The summed E-state index contributed by atoms with van der Waals surface area (Å²) in [6.07, 6.45) is 7.77. The molecule has 0 aliphatic heterocycles. The predicted molar refractivity (Wildman–Crippen MR) is 146 cm³/mol. The van der Waals surface area contributed by atoms with Crippen LogP contribution in [0, 0.1) is 23.7 Å². The summed E-state index contributed by atoms with van der Waals surface area (Å²) in [4.78, 5) is 0. The Morgan fingerprint density at radius 2 is 1.55 bits per heavy atom. The lowest BCUT2D eigenvalue weighted by atomic mass is 9.70. The molecule has 0 bridgehead atoms. The van der Waals surface area contributed by atoms with Crippen LogP contribution >= 0.6 is 0 Å². The maximum Gasteiger partial charge on any atom is -0.0128 e. The van der Waals surface area contributed by atoms with Crippen molar-refractivity contribution in [1.29, 1.82) is 0 Å². The fraction of sp³-hybridized carbons (Fsp3) is 0.394. The van der Waals surface area contributed by atoms with Crippen LogP contribution in [0.25, 0.3) is 5.57 Å². The molecule has 0 radical (unpaired) electrons. The number of rotatable bonds is 10. The molecule has 0 saturated heterocycles. The number of aryl methyl sites for hydroxylation is 1. The average Bonchev–Trinajstić information content (AvgIpc) is 2.82. The Kier molecular flexibility index (Phi) is 8.73. The molecule has 33 heavy (non-hydrogen) atoms. The van der Waals surface area contributed by atoms with Gasteiger partial charge in [0.25, 0.3) is 0 Å². The zero-order valence-corrected chi connectivity index (χ0v) is 21.2. The van der Waals surface area contributed by atoms with E-state index < -0.39 is 0 Å². The van der Waals surface area contributed by atoms with Crippen LogP contribution in [0.1, 0.15) is 63.6 Å². The third-order valence-electron chi connectivity index (χ3n) is 7.75. The van der Waals surface area contributed by atoms with E-state index in [-0.39, 0.29) is 0 Å². The second-order valence-corrected chi connectivity index (χ2v) is 10.3. The first kappa shape index (κ1) is 25.0. The summed E-state index contributed by atoms with van der Waals surface area (Å²) in [5, 5.41) is 0. The van der Waals surface area contributed by atoms with Gasteiger partial charge >= 0.3 is 0 Å². The second kappa shape index (κ2) is 11.5. The average molecular weight is 439 g/mol. The summed E-state index contributed by atoms with van der Waals surface area (Å²) in [5.74, 6) is 2.24. The molecule has 2 aromatic rings. The highest BCUT2D eigenvalue weighted by Gasteiger charge is 2.29. The minimum Gasteiger partial charge on any atom is -0.0998 e. The number of hydrogen-bond donors (Lipinski definition) is 0. The zero-order chi connectivity index (χ0) is 24.0. The van der Waals surface area contributed by atoms with Crippen molar-refractivity contribution >= 4 is 5.57 Å². The van der Waals surface area contributed by atoms with Crippen molar-refractivity contribution in [2.45, 2.75) is 59.8 Å². The van der Waals surface area contributed by atoms with Gasteiger partial charge in [-0.2, -0.15) is 0 Å². The summed E-state index contributed by atoms with van der Waals surface area (Å²) >= 11 is 0. The van der Waals surface area contributed by atoms with E-state index in [4.69, 9.17) is 0 Å². The summed E-state index contributed by atoms with van der Waals surface area (Å²) < 4.78 is 0. The molecule has 0 aromatic heterocycles. The first-order chi connectivity index (χ1) is 15.8. The Balaban J connectivity index is 1.72. The molecule has 3 rings (SSSR count). The molecular weight excluding hydrogens is 396 g/mol. The van der Waals surface area contributed by atoms with Crippen molar-refractivity contribution in [1.82, 2.24) is 0 Å². The van der Waals surface area contributed by atoms with Gasteiger partial charge < -0.3 is 0 Å². The highest BCUT2D eigenvalue weighted by molar-refractivity contribution is 5.63. The van der Waals surface area contributed by atoms with Crippen LogP contribution in [-0.2, 0) is 12.8 Å². The maximum atomic E-state index is 4.57. The smallest absolute Gasteiger partial charge is 0.0128 e. The van der Waals surface area contributed by atoms with Crippen LogP contribution in [0.3, 0.4) is 0 Å². The molecule has 0 heterocycles. The van der Waals surface area contributed by atoms with Gasteiger partial charge in [-0.1, -0.05) is 112 Å². The van der Waals surface area contributed by atoms with Crippen molar-refractivity contribution < 1.29 is 0 Å². The van der Waals surface area contributed by atoms with Crippen LogP contribution < -0.4 is 0 Å². The van der Waals surface area contributed by atoms with E-state index >= 15 is 0 Å². The van der Waals surface area contributed by atoms with Crippen LogP contribution in [0.15, 0.2) is 97.1 Å². The van der Waals surface area contributed by atoms with Gasteiger partial charge in [0, 0.05) is 0 Å². The van der Waals surface area contributed by atoms with E-state index in [9.17, 15) is 0 Å². The SMILES string of the molecule is C=C(C[C@@H](Cc1ccc(CC)cc1)C(=C)C)C1=C[C@@H](CC(=C)c2ccccc2)[C@@H](C)[C@H](C)C1. The molecule has 0 heteroatoms. The van der Waals surface area contributed by atoms with E-state index in [1.807, 2.05) is 0 Å². The summed E-state index contributed by atoms with van der Waals surface area (Å²) in [7, 11) is 0. The molecular formula is C33H42. The lowest BCUT2D eigenvalue weighted by Gasteiger charge is -2.35. The Morgan fingerprint density at radius 1 is 0.909 bits per heavy atom. The van der Waals surface area contributed by atoms with E-state index in [0.717, 1.165) is 32.1 Å². The number of benzene rings is 2. The lowest BCUT2D eigenvalue weighted by Crippen LogP contribution is -2.24. The van der Waals surface area contributed by atoms with Gasteiger partial charge in [-0.3, -0.25) is 0 Å². The molecule has 0 N–H and O–H groups in total. The standard InChI is InChI=1S/C33H42/c1-8-28-14-16-29(17-15-28)21-31(23(2)3)19-26(6)32-18-24(4)27(7)33(22-32)20-25(5)30-12-10-9-11-13-30/h9-17,22,24,27,31,33H,2,5-6,8,18-21H2,1,3-4,7H3/t24-,27+,31+,33-/m1/s1. The molecule has 2 aromatic carbocycles. The van der Waals surface area contributed by atoms with Gasteiger partial charge in [-0.15, -0.1) is 0 Å². The van der Waals surface area contributed by atoms with E-state index in [1.165, 1.54) is 39.0 Å². The molecule has 0 amide bonds. The van der Waals surface area contributed by atoms with Crippen molar-refractivity contribution in [3.63, 3.8) is 0 Å². The molecule has 0 unspecified atom stereocenters. The van der Waals surface area contributed by atoms with E-state index in [0.29, 0.717) is 23.7 Å². The Labute approximate surface area is 202 Å². The Bertz CT molecular complexity index is 986. The maximum absolute atomic E-state index is 4.57. The predicted octanol–water partition coefficient (Wildman–Crippen LogP) is 9.25. The zero-order valence-electron chi connectivity index (χ0n) is 21.2. The molecule has 1 aliphatic rings. The summed E-state index contributed by atoms with van der Waals surface area (Å²) in [5.41, 5.74) is 9.29. The number of allylic oxidation sites excluding steroid dienone is 5. The van der Waals surface area contributed by atoms with Gasteiger partial charge in [0.15, 0.2) is 0 Å². The van der Waals surface area contributed by atoms with E-state index in [1.54, 1.807) is 0 Å². The van der Waals surface area contributed by atoms with Crippen molar-refractivity contribution in [2.24, 2.45) is 23.7 Å². The van der Waals surface area contributed by atoms with E-state index in [2.05, 4.69) is 108 Å². The molecule has 0 spiro atoms. The highest BCUT2D eigenvalue weighted by Crippen LogP contribution is 2.41. The minimum atomic E-state index is 0.429. The lowest BCUT2D eigenvalue weighted by molar-refractivity contribution is 0.286. The largest absolute Gasteiger partial charge is 0.0998 e. The monoisotopic (exact) mass is 438 g/mol. The topological polar surface area (TPSA) is 0 Å². The van der Waals surface area contributed by atoms with Crippen LogP contribution in [0.5, 0.6) is 0 Å². The van der Waals surface area contributed by atoms with Gasteiger partial charge in [-0.25, -0.2) is 0 Å². The Morgan fingerprint density at radius 3 is 2.15 bits per heavy atom. The van der Waals surface area contributed by atoms with Crippen molar-refractivity contribution in [3.05, 3.63) is 114 Å².